The van der Waals surface area contributed by atoms with Crippen molar-refractivity contribution in [3.05, 3.63) is 41.8 Å². The first kappa shape index (κ1) is 19.3. The predicted octanol–water partition coefficient (Wildman–Crippen LogP) is 3.18. The molecule has 1 amide bonds. The number of carbonyl (C=O) groups is 1. The van der Waals surface area contributed by atoms with Gasteiger partial charge in [-0.15, -0.1) is 10.2 Å². The molecule has 3 N–H and O–H groups in total. The molecule has 0 spiro atoms. The number of hydrogen-bond donors (Lipinski definition) is 2. The van der Waals surface area contributed by atoms with Gasteiger partial charge in [0.15, 0.2) is 5.69 Å². The van der Waals surface area contributed by atoms with Gasteiger partial charge in [-0.25, -0.2) is 4.39 Å². The average Bonchev–Trinajstić information content (AvgIpc) is 2.71. The van der Waals surface area contributed by atoms with Crippen LogP contribution in [0.3, 0.4) is 0 Å². The van der Waals surface area contributed by atoms with Gasteiger partial charge in [0.25, 0.3) is 5.91 Å². The molecular formula is C20H21FN4O3. The number of ether oxygens (including phenoxy) is 2. The lowest BCUT2D eigenvalue weighted by Crippen LogP contribution is -2.26. The smallest absolute Gasteiger partial charge is 0.273 e. The first-order valence-corrected chi connectivity index (χ1v) is 8.76. The van der Waals surface area contributed by atoms with Crippen molar-refractivity contribution >= 4 is 22.5 Å². The lowest BCUT2D eigenvalue weighted by molar-refractivity contribution is 0.0949. The largest absolute Gasteiger partial charge is 0.497 e. The summed E-state index contributed by atoms with van der Waals surface area (Å²) in [6, 6.07) is 7.97. The fourth-order valence-corrected chi connectivity index (χ4v) is 2.94. The molecule has 0 aliphatic heterocycles. The van der Waals surface area contributed by atoms with Crippen LogP contribution >= 0.6 is 0 Å². The molecule has 0 saturated carbocycles. The van der Waals surface area contributed by atoms with Crippen LogP contribution < -0.4 is 20.5 Å². The molecule has 0 fully saturated rings. The van der Waals surface area contributed by atoms with Crippen LogP contribution in [-0.4, -0.2) is 36.9 Å². The molecule has 3 rings (SSSR count). The van der Waals surface area contributed by atoms with Crippen LogP contribution in [0.4, 0.5) is 10.1 Å². The Labute approximate surface area is 161 Å². The van der Waals surface area contributed by atoms with Crippen LogP contribution in [0.1, 0.15) is 23.8 Å². The van der Waals surface area contributed by atoms with E-state index in [-0.39, 0.29) is 22.7 Å². The Hall–Kier alpha value is -3.42. The minimum absolute atomic E-state index is 0.0419. The summed E-state index contributed by atoms with van der Waals surface area (Å²) in [4.78, 5) is 12.3. The molecule has 8 heteroatoms. The van der Waals surface area contributed by atoms with Crippen molar-refractivity contribution in [1.29, 1.82) is 0 Å². The second-order valence-electron chi connectivity index (χ2n) is 6.11. The summed E-state index contributed by atoms with van der Waals surface area (Å²) in [7, 11) is 2.89. The third-order valence-electron chi connectivity index (χ3n) is 4.33. The summed E-state index contributed by atoms with van der Waals surface area (Å²) >= 11 is 0. The standard InChI is InChI=1S/C20H21FN4O3/c1-4-8-23-20(26)19-17(22)13-7-5-6-12(18(13)24-25-19)16-14(21)9-11(27-2)10-15(16)28-3/h5-7,9-10H,4,8H2,1-3H3,(H2,22,24)(H,23,26). The van der Waals surface area contributed by atoms with Crippen molar-refractivity contribution in [2.75, 3.05) is 26.5 Å². The van der Waals surface area contributed by atoms with E-state index >= 15 is 0 Å². The normalized spacial score (nSPS) is 10.7. The molecule has 3 aromatic rings. The van der Waals surface area contributed by atoms with Gasteiger partial charge in [0.05, 0.1) is 25.5 Å². The maximum absolute atomic E-state index is 14.8. The van der Waals surface area contributed by atoms with E-state index in [2.05, 4.69) is 15.5 Å². The van der Waals surface area contributed by atoms with E-state index in [4.69, 9.17) is 15.2 Å². The minimum Gasteiger partial charge on any atom is -0.497 e. The van der Waals surface area contributed by atoms with Crippen LogP contribution in [0.2, 0.25) is 0 Å². The number of benzene rings is 2. The van der Waals surface area contributed by atoms with E-state index in [9.17, 15) is 9.18 Å². The summed E-state index contributed by atoms with van der Waals surface area (Å²) in [5.74, 6) is -0.311. The number of amides is 1. The number of hydrogen-bond acceptors (Lipinski definition) is 6. The Kier molecular flexibility index (Phi) is 5.58. The Balaban J connectivity index is 2.20. The Morgan fingerprint density at radius 3 is 2.68 bits per heavy atom. The average molecular weight is 384 g/mol. The van der Waals surface area contributed by atoms with E-state index in [0.717, 1.165) is 6.42 Å². The van der Waals surface area contributed by atoms with Crippen molar-refractivity contribution < 1.29 is 18.7 Å². The number of nitrogens with one attached hydrogen (secondary N) is 1. The second-order valence-corrected chi connectivity index (χ2v) is 6.11. The maximum atomic E-state index is 14.8. The van der Waals surface area contributed by atoms with Gasteiger partial charge in [0.1, 0.15) is 22.8 Å². The number of halogens is 1. The van der Waals surface area contributed by atoms with Crippen LogP contribution in [0, 0.1) is 5.82 Å². The molecule has 1 heterocycles. The van der Waals surface area contributed by atoms with Crippen LogP contribution in [-0.2, 0) is 0 Å². The number of aromatic nitrogens is 2. The molecular weight excluding hydrogens is 363 g/mol. The zero-order valence-electron chi connectivity index (χ0n) is 15.9. The summed E-state index contributed by atoms with van der Waals surface area (Å²) < 4.78 is 25.3. The van der Waals surface area contributed by atoms with Crippen LogP contribution in [0.15, 0.2) is 30.3 Å². The number of fused-ring (bicyclic) bond motifs is 1. The molecule has 2 aromatic carbocycles. The highest BCUT2D eigenvalue weighted by atomic mass is 19.1. The minimum atomic E-state index is -0.533. The first-order chi connectivity index (χ1) is 13.5. The zero-order chi connectivity index (χ0) is 20.3. The number of rotatable bonds is 6. The third kappa shape index (κ3) is 3.40. The van der Waals surface area contributed by atoms with E-state index < -0.39 is 11.7 Å². The van der Waals surface area contributed by atoms with Gasteiger partial charge in [0, 0.05) is 29.6 Å². The quantitative estimate of drug-likeness (QED) is 0.677. The molecule has 146 valence electrons. The fraction of sp³-hybridized carbons (Fsp3) is 0.250. The van der Waals surface area contributed by atoms with E-state index in [1.54, 1.807) is 24.3 Å². The van der Waals surface area contributed by atoms with Gasteiger partial charge in [-0.2, -0.15) is 0 Å². The molecule has 7 nitrogen and oxygen atoms in total. The molecule has 0 atom stereocenters. The molecule has 1 aromatic heterocycles. The van der Waals surface area contributed by atoms with Gasteiger partial charge >= 0.3 is 0 Å². The third-order valence-corrected chi connectivity index (χ3v) is 4.33. The van der Waals surface area contributed by atoms with Crippen molar-refractivity contribution in [2.45, 2.75) is 13.3 Å². The van der Waals surface area contributed by atoms with E-state index in [1.807, 2.05) is 6.92 Å². The van der Waals surface area contributed by atoms with E-state index in [0.29, 0.717) is 28.8 Å². The second kappa shape index (κ2) is 8.08. The maximum Gasteiger partial charge on any atom is 0.273 e. The molecule has 0 saturated heterocycles. The summed E-state index contributed by atoms with van der Waals surface area (Å²) in [6.45, 7) is 2.45. The fourth-order valence-electron chi connectivity index (χ4n) is 2.94. The SMILES string of the molecule is CCCNC(=O)c1nnc2c(-c3c(F)cc(OC)cc3OC)cccc2c1N. The molecule has 0 aliphatic rings. The van der Waals surface area contributed by atoms with Gasteiger partial charge in [-0.3, -0.25) is 4.79 Å². The summed E-state index contributed by atoms with van der Waals surface area (Å²) in [6.07, 6.45) is 0.785. The number of nitrogen functional groups attached to an aromatic ring is 1. The van der Waals surface area contributed by atoms with Crippen molar-refractivity contribution in [1.82, 2.24) is 15.5 Å². The predicted molar refractivity (Wildman–Crippen MR) is 105 cm³/mol. The van der Waals surface area contributed by atoms with Crippen LogP contribution in [0.25, 0.3) is 22.0 Å². The Morgan fingerprint density at radius 2 is 2.00 bits per heavy atom. The van der Waals surface area contributed by atoms with Gasteiger partial charge in [-0.05, 0) is 6.42 Å². The highest BCUT2D eigenvalue weighted by Crippen LogP contribution is 2.39. The highest BCUT2D eigenvalue weighted by molar-refractivity contribution is 6.07. The molecule has 0 bridgehead atoms. The molecule has 0 aliphatic carbocycles. The number of nitrogens with two attached hydrogens (primary N) is 1. The summed E-state index contributed by atoms with van der Waals surface area (Å²) in [5, 5.41) is 11.4. The van der Waals surface area contributed by atoms with Crippen molar-refractivity contribution in [3.8, 4) is 22.6 Å². The van der Waals surface area contributed by atoms with Crippen LogP contribution in [0.5, 0.6) is 11.5 Å². The molecule has 0 radical (unpaired) electrons. The van der Waals surface area contributed by atoms with Gasteiger partial charge in [-0.1, -0.05) is 25.1 Å². The summed E-state index contributed by atoms with van der Waals surface area (Å²) in [5.41, 5.74) is 7.45. The molecule has 0 unspecified atom stereocenters. The lowest BCUT2D eigenvalue weighted by Gasteiger charge is -2.14. The topological polar surface area (TPSA) is 99.4 Å². The number of nitrogens with zero attached hydrogens (tertiary/aromatic N) is 2. The zero-order valence-corrected chi connectivity index (χ0v) is 15.9. The van der Waals surface area contributed by atoms with Gasteiger partial charge < -0.3 is 20.5 Å². The van der Waals surface area contributed by atoms with Gasteiger partial charge in [0.2, 0.25) is 0 Å². The number of anilines is 1. The lowest BCUT2D eigenvalue weighted by atomic mass is 9.99. The first-order valence-electron chi connectivity index (χ1n) is 8.76. The van der Waals surface area contributed by atoms with Crippen molar-refractivity contribution in [3.63, 3.8) is 0 Å². The number of methoxy groups -OCH3 is 2. The van der Waals surface area contributed by atoms with Crippen molar-refractivity contribution in [2.24, 2.45) is 0 Å². The number of carbonyl (C=O) groups excluding carboxylic acids is 1. The molecule has 28 heavy (non-hydrogen) atoms. The van der Waals surface area contributed by atoms with E-state index in [1.165, 1.54) is 20.3 Å². The Bertz CT molecular complexity index is 1040. The monoisotopic (exact) mass is 384 g/mol. The Morgan fingerprint density at radius 1 is 1.21 bits per heavy atom. The highest BCUT2D eigenvalue weighted by Gasteiger charge is 2.21.